The van der Waals surface area contributed by atoms with E-state index in [-0.39, 0.29) is 30.4 Å². The Balaban J connectivity index is 1.60. The van der Waals surface area contributed by atoms with Crippen LogP contribution in [0.3, 0.4) is 0 Å². The highest BCUT2D eigenvalue weighted by atomic mass is 16.5. The first-order valence-electron chi connectivity index (χ1n) is 10.2. The van der Waals surface area contributed by atoms with Gasteiger partial charge in [0.15, 0.2) is 6.61 Å². The Bertz CT molecular complexity index is 1000. The molecule has 0 radical (unpaired) electrons. The highest BCUT2D eigenvalue weighted by Crippen LogP contribution is 2.20. The van der Waals surface area contributed by atoms with E-state index in [0.29, 0.717) is 5.75 Å². The zero-order valence-electron chi connectivity index (χ0n) is 17.6. The van der Waals surface area contributed by atoms with E-state index in [9.17, 15) is 9.59 Å². The van der Waals surface area contributed by atoms with Crippen LogP contribution in [0.1, 0.15) is 32.4 Å². The van der Waals surface area contributed by atoms with E-state index in [4.69, 9.17) is 4.74 Å². The van der Waals surface area contributed by atoms with Crippen LogP contribution in [0.2, 0.25) is 0 Å². The third-order valence-electron chi connectivity index (χ3n) is 5.01. The van der Waals surface area contributed by atoms with Gasteiger partial charge in [0.2, 0.25) is 5.91 Å². The number of nitrogens with one attached hydrogen (secondary N) is 2. The van der Waals surface area contributed by atoms with Gasteiger partial charge in [0.1, 0.15) is 11.8 Å². The predicted octanol–water partition coefficient (Wildman–Crippen LogP) is 4.24. The van der Waals surface area contributed by atoms with Crippen LogP contribution in [0.25, 0.3) is 10.8 Å². The van der Waals surface area contributed by atoms with Gasteiger partial charge in [-0.15, -0.1) is 0 Å². The van der Waals surface area contributed by atoms with Gasteiger partial charge in [-0.1, -0.05) is 68.4 Å². The van der Waals surface area contributed by atoms with Gasteiger partial charge in [-0.25, -0.2) is 0 Å². The quantitative estimate of drug-likeness (QED) is 0.590. The Morgan fingerprint density at radius 2 is 1.50 bits per heavy atom. The first-order chi connectivity index (χ1) is 14.4. The molecule has 2 amide bonds. The molecule has 3 aromatic carbocycles. The average Bonchev–Trinajstić information content (AvgIpc) is 2.76. The van der Waals surface area contributed by atoms with Crippen LogP contribution in [0.4, 0.5) is 0 Å². The minimum Gasteiger partial charge on any atom is -0.484 e. The van der Waals surface area contributed by atoms with Crippen molar-refractivity contribution in [2.75, 3.05) is 6.61 Å². The Hall–Kier alpha value is -3.34. The van der Waals surface area contributed by atoms with Crippen LogP contribution in [0, 0.1) is 5.92 Å². The lowest BCUT2D eigenvalue weighted by Gasteiger charge is -2.24. The summed E-state index contributed by atoms with van der Waals surface area (Å²) in [6.07, 6.45) is 0. The molecule has 30 heavy (non-hydrogen) atoms. The molecule has 0 aliphatic heterocycles. The van der Waals surface area contributed by atoms with Crippen LogP contribution in [-0.4, -0.2) is 24.5 Å². The van der Waals surface area contributed by atoms with Gasteiger partial charge in [-0.3, -0.25) is 9.59 Å². The largest absolute Gasteiger partial charge is 0.484 e. The average molecular weight is 405 g/mol. The molecule has 2 atom stereocenters. The summed E-state index contributed by atoms with van der Waals surface area (Å²) in [6, 6.07) is 22.6. The summed E-state index contributed by atoms with van der Waals surface area (Å²) >= 11 is 0. The van der Waals surface area contributed by atoms with Crippen LogP contribution >= 0.6 is 0 Å². The Morgan fingerprint density at radius 3 is 2.20 bits per heavy atom. The van der Waals surface area contributed by atoms with Crippen LogP contribution < -0.4 is 15.4 Å². The molecule has 0 aromatic heterocycles. The molecule has 5 heteroatoms. The Labute approximate surface area is 177 Å². The molecule has 0 heterocycles. The molecule has 156 valence electrons. The molecule has 3 rings (SSSR count). The van der Waals surface area contributed by atoms with Gasteiger partial charge in [-0.05, 0) is 47.4 Å². The SMILES string of the molecule is CC(NC(=O)[C@@H](NC(=O)COc1ccccc1)C(C)C)c1ccc2ccccc2c1. The first kappa shape index (κ1) is 21.4. The molecule has 0 spiro atoms. The number of fused-ring (bicyclic) bond motifs is 1. The van der Waals surface area contributed by atoms with Crippen molar-refractivity contribution in [2.45, 2.75) is 32.9 Å². The minimum atomic E-state index is -0.639. The lowest BCUT2D eigenvalue weighted by Crippen LogP contribution is -2.51. The van der Waals surface area contributed by atoms with Crippen molar-refractivity contribution < 1.29 is 14.3 Å². The highest BCUT2D eigenvalue weighted by molar-refractivity contribution is 5.89. The minimum absolute atomic E-state index is 0.0607. The van der Waals surface area contributed by atoms with E-state index in [1.54, 1.807) is 12.1 Å². The van der Waals surface area contributed by atoms with E-state index in [0.717, 1.165) is 16.3 Å². The molecule has 0 saturated carbocycles. The Morgan fingerprint density at radius 1 is 0.833 bits per heavy atom. The third kappa shape index (κ3) is 5.60. The monoisotopic (exact) mass is 404 g/mol. The van der Waals surface area contributed by atoms with Gasteiger partial charge in [-0.2, -0.15) is 0 Å². The molecule has 3 aromatic rings. The van der Waals surface area contributed by atoms with Crippen molar-refractivity contribution in [2.24, 2.45) is 5.92 Å². The lowest BCUT2D eigenvalue weighted by atomic mass is 10.0. The maximum Gasteiger partial charge on any atom is 0.258 e. The van der Waals surface area contributed by atoms with Crippen molar-refractivity contribution in [1.29, 1.82) is 0 Å². The molecule has 0 bridgehead atoms. The number of ether oxygens (including phenoxy) is 1. The fourth-order valence-corrected chi connectivity index (χ4v) is 3.28. The normalized spacial score (nSPS) is 12.9. The van der Waals surface area contributed by atoms with Crippen molar-refractivity contribution in [3.8, 4) is 5.75 Å². The van der Waals surface area contributed by atoms with Crippen molar-refractivity contribution in [3.63, 3.8) is 0 Å². The van der Waals surface area contributed by atoms with E-state index in [2.05, 4.69) is 34.9 Å². The number of rotatable bonds is 8. The number of para-hydroxylation sites is 1. The number of hydrogen-bond donors (Lipinski definition) is 2. The maximum atomic E-state index is 12.9. The molecular formula is C25H28N2O3. The summed E-state index contributed by atoms with van der Waals surface area (Å²) in [5.41, 5.74) is 1.02. The van der Waals surface area contributed by atoms with E-state index in [1.807, 2.05) is 57.2 Å². The number of amides is 2. The second-order valence-corrected chi connectivity index (χ2v) is 7.73. The number of carbonyl (C=O) groups excluding carboxylic acids is 2. The van der Waals surface area contributed by atoms with Gasteiger partial charge in [0, 0.05) is 0 Å². The third-order valence-corrected chi connectivity index (χ3v) is 5.01. The lowest BCUT2D eigenvalue weighted by molar-refractivity contribution is -0.131. The highest BCUT2D eigenvalue weighted by Gasteiger charge is 2.25. The molecule has 0 aliphatic carbocycles. The van der Waals surface area contributed by atoms with E-state index >= 15 is 0 Å². The number of hydrogen-bond acceptors (Lipinski definition) is 3. The van der Waals surface area contributed by atoms with Crippen LogP contribution in [0.15, 0.2) is 72.8 Å². The van der Waals surface area contributed by atoms with Gasteiger partial charge < -0.3 is 15.4 Å². The summed E-state index contributed by atoms with van der Waals surface area (Å²) in [7, 11) is 0. The van der Waals surface area contributed by atoms with Crippen LogP contribution in [0.5, 0.6) is 5.75 Å². The number of benzene rings is 3. The topological polar surface area (TPSA) is 67.4 Å². The molecule has 1 unspecified atom stereocenters. The molecule has 2 N–H and O–H groups in total. The zero-order valence-corrected chi connectivity index (χ0v) is 17.6. The molecule has 5 nitrogen and oxygen atoms in total. The summed E-state index contributed by atoms with van der Waals surface area (Å²) in [4.78, 5) is 25.2. The molecular weight excluding hydrogens is 376 g/mol. The van der Waals surface area contributed by atoms with E-state index in [1.165, 1.54) is 0 Å². The van der Waals surface area contributed by atoms with Crippen molar-refractivity contribution in [3.05, 3.63) is 78.4 Å². The smallest absolute Gasteiger partial charge is 0.258 e. The zero-order chi connectivity index (χ0) is 21.5. The van der Waals surface area contributed by atoms with Gasteiger partial charge >= 0.3 is 0 Å². The molecule has 0 saturated heterocycles. The van der Waals surface area contributed by atoms with Gasteiger partial charge in [0.05, 0.1) is 6.04 Å². The molecule has 0 aliphatic rings. The second-order valence-electron chi connectivity index (χ2n) is 7.73. The van der Waals surface area contributed by atoms with E-state index < -0.39 is 6.04 Å². The summed E-state index contributed by atoms with van der Waals surface area (Å²) in [5.74, 6) is 0.0161. The Kier molecular flexibility index (Phi) is 7.07. The standard InChI is InChI=1S/C25H28N2O3/c1-17(2)24(27-23(28)16-30-22-11-5-4-6-12-22)25(29)26-18(3)20-14-13-19-9-7-8-10-21(19)15-20/h4-15,17-18,24H,16H2,1-3H3,(H,26,29)(H,27,28)/t18?,24-/m0/s1. The predicted molar refractivity (Wildman–Crippen MR) is 119 cm³/mol. The fourth-order valence-electron chi connectivity index (χ4n) is 3.28. The second kappa shape index (κ2) is 9.92. The maximum absolute atomic E-state index is 12.9. The molecule has 0 fully saturated rings. The van der Waals surface area contributed by atoms with Crippen molar-refractivity contribution in [1.82, 2.24) is 10.6 Å². The van der Waals surface area contributed by atoms with Gasteiger partial charge in [0.25, 0.3) is 5.91 Å². The summed E-state index contributed by atoms with van der Waals surface area (Å²) in [6.45, 7) is 5.62. The first-order valence-corrected chi connectivity index (χ1v) is 10.2. The number of carbonyl (C=O) groups is 2. The van der Waals surface area contributed by atoms with Crippen LogP contribution in [-0.2, 0) is 9.59 Å². The summed E-state index contributed by atoms with van der Waals surface area (Å²) < 4.78 is 5.48. The summed E-state index contributed by atoms with van der Waals surface area (Å²) in [5, 5.41) is 8.11. The fraction of sp³-hybridized carbons (Fsp3) is 0.280. The van der Waals surface area contributed by atoms with Crippen molar-refractivity contribution >= 4 is 22.6 Å².